The zero-order chi connectivity index (χ0) is 30.6. The molecular weight excluding hydrogens is 548 g/mol. The van der Waals surface area contributed by atoms with Crippen molar-refractivity contribution in [1.82, 2.24) is 20.1 Å². The molecule has 4 rings (SSSR count). The van der Waals surface area contributed by atoms with Gasteiger partial charge in [-0.3, -0.25) is 4.79 Å². The topological polar surface area (TPSA) is 136 Å². The van der Waals surface area contributed by atoms with Crippen molar-refractivity contribution in [2.75, 3.05) is 19.6 Å². The Kier molecular flexibility index (Phi) is 10.9. The zero-order valence-electron chi connectivity index (χ0n) is 24.1. The predicted molar refractivity (Wildman–Crippen MR) is 161 cm³/mol. The van der Waals surface area contributed by atoms with Gasteiger partial charge in [0.05, 0.1) is 6.04 Å². The van der Waals surface area contributed by atoms with E-state index in [0.29, 0.717) is 18.4 Å². The average molecular weight is 585 g/mol. The number of amides is 4. The molecule has 10 heteroatoms. The van der Waals surface area contributed by atoms with Crippen LogP contribution in [0, 0.1) is 0 Å². The molecule has 3 aromatic carbocycles. The minimum Gasteiger partial charge on any atom is -0.508 e. The molecule has 0 fully saturated rings. The van der Waals surface area contributed by atoms with Gasteiger partial charge in [0.2, 0.25) is 0 Å². The second-order valence-corrected chi connectivity index (χ2v) is 10.0. The number of imide groups is 1. The average Bonchev–Trinajstić information content (AvgIpc) is 3.50. The second-order valence-electron chi connectivity index (χ2n) is 10.0. The normalized spacial score (nSPS) is 10.8. The van der Waals surface area contributed by atoms with E-state index in [-0.39, 0.29) is 43.4 Å². The summed E-state index contributed by atoms with van der Waals surface area (Å²) in [5.74, 6) is -0.0858. The number of carbonyl (C=O) groups excluding carboxylic acids is 2. The van der Waals surface area contributed by atoms with Crippen LogP contribution in [0.5, 0.6) is 5.75 Å². The zero-order valence-corrected chi connectivity index (χ0v) is 24.1. The van der Waals surface area contributed by atoms with Gasteiger partial charge in [-0.2, -0.15) is 0 Å². The van der Waals surface area contributed by atoms with Crippen LogP contribution in [0.1, 0.15) is 58.9 Å². The van der Waals surface area contributed by atoms with E-state index >= 15 is 0 Å². The maximum Gasteiger partial charge on any atom is 0.415 e. The first-order chi connectivity index (χ1) is 20.9. The van der Waals surface area contributed by atoms with E-state index < -0.39 is 24.1 Å². The first-order valence-corrected chi connectivity index (χ1v) is 14.3. The monoisotopic (exact) mass is 584 g/mol. The van der Waals surface area contributed by atoms with Crippen LogP contribution in [0.25, 0.3) is 0 Å². The summed E-state index contributed by atoms with van der Waals surface area (Å²) in [7, 11) is 0. The van der Waals surface area contributed by atoms with E-state index in [1.165, 1.54) is 11.2 Å². The molecule has 0 saturated carbocycles. The van der Waals surface area contributed by atoms with Gasteiger partial charge in [0, 0.05) is 26.1 Å². The number of para-hydroxylation sites is 1. The summed E-state index contributed by atoms with van der Waals surface area (Å²) in [6.45, 7) is 2.25. The van der Waals surface area contributed by atoms with Crippen molar-refractivity contribution < 1.29 is 29.0 Å². The number of phenols is 1. The van der Waals surface area contributed by atoms with Crippen molar-refractivity contribution >= 4 is 18.0 Å². The van der Waals surface area contributed by atoms with Gasteiger partial charge < -0.3 is 24.8 Å². The fourth-order valence-electron chi connectivity index (χ4n) is 4.66. The van der Waals surface area contributed by atoms with Crippen LogP contribution in [0.3, 0.4) is 0 Å². The van der Waals surface area contributed by atoms with E-state index in [4.69, 9.17) is 4.42 Å². The summed E-state index contributed by atoms with van der Waals surface area (Å²) in [6.07, 6.45) is 1.69. The van der Waals surface area contributed by atoms with Gasteiger partial charge >= 0.3 is 12.1 Å². The van der Waals surface area contributed by atoms with Gasteiger partial charge in [-0.05, 0) is 35.6 Å². The molecule has 1 heterocycles. The van der Waals surface area contributed by atoms with Crippen molar-refractivity contribution in [3.63, 3.8) is 0 Å². The van der Waals surface area contributed by atoms with Crippen LogP contribution in [0.15, 0.2) is 95.6 Å². The molecule has 4 aromatic rings. The molecule has 0 spiro atoms. The Morgan fingerprint density at radius 3 is 2.07 bits per heavy atom. The number of urea groups is 1. The third-order valence-electron chi connectivity index (χ3n) is 7.03. The highest BCUT2D eigenvalue weighted by Gasteiger charge is 2.27. The van der Waals surface area contributed by atoms with Gasteiger partial charge in [-0.1, -0.05) is 92.2 Å². The molecule has 0 aliphatic rings. The lowest BCUT2D eigenvalue weighted by atomic mass is 9.98. The maximum absolute atomic E-state index is 13.3. The minimum atomic E-state index is -1.33. The second kappa shape index (κ2) is 15.2. The number of phenolic OH excluding ortho intramolecular Hbond substituents is 1. The Balaban J connectivity index is 1.47. The Bertz CT molecular complexity index is 1450. The van der Waals surface area contributed by atoms with Crippen molar-refractivity contribution in [3.05, 3.63) is 119 Å². The van der Waals surface area contributed by atoms with Crippen molar-refractivity contribution in [3.8, 4) is 5.75 Å². The lowest BCUT2D eigenvalue weighted by Crippen LogP contribution is -2.47. The van der Waals surface area contributed by atoms with E-state index in [0.717, 1.165) is 22.4 Å². The third kappa shape index (κ3) is 8.45. The summed E-state index contributed by atoms with van der Waals surface area (Å²) in [5.41, 5.74) is 2.55. The van der Waals surface area contributed by atoms with Crippen LogP contribution in [-0.4, -0.2) is 62.7 Å². The Hall–Kier alpha value is -5.12. The van der Waals surface area contributed by atoms with Gasteiger partial charge in [0.1, 0.15) is 12.0 Å². The molecule has 10 nitrogen and oxygen atoms in total. The molecule has 0 radical (unpaired) electrons. The smallest absolute Gasteiger partial charge is 0.415 e. The molecule has 43 heavy (non-hydrogen) atoms. The predicted octanol–water partition coefficient (Wildman–Crippen LogP) is 5.89. The molecule has 3 N–H and O–H groups in total. The maximum atomic E-state index is 13.3. The first kappa shape index (κ1) is 30.8. The number of carboxylic acid groups (broad SMARTS) is 1. The molecular formula is C33H36N4O6. The van der Waals surface area contributed by atoms with Gasteiger partial charge in [-0.15, -0.1) is 0 Å². The molecule has 1 aromatic heterocycles. The number of aromatic nitrogens is 1. The Morgan fingerprint density at radius 2 is 1.47 bits per heavy atom. The van der Waals surface area contributed by atoms with Crippen LogP contribution in [0.2, 0.25) is 0 Å². The molecule has 0 saturated heterocycles. The molecule has 4 amide bonds. The van der Waals surface area contributed by atoms with Gasteiger partial charge in [-0.25, -0.2) is 19.5 Å². The van der Waals surface area contributed by atoms with Gasteiger partial charge in [0.15, 0.2) is 11.6 Å². The van der Waals surface area contributed by atoms with Crippen LogP contribution >= 0.6 is 0 Å². The highest BCUT2D eigenvalue weighted by Crippen LogP contribution is 2.22. The fraction of sp³-hybridized carbons (Fsp3) is 0.273. The molecule has 0 bridgehead atoms. The lowest BCUT2D eigenvalue weighted by molar-refractivity contribution is 0.0937. The van der Waals surface area contributed by atoms with Gasteiger partial charge in [0.25, 0.3) is 5.91 Å². The number of carbonyl (C=O) groups is 3. The molecule has 0 atom stereocenters. The Labute approximate surface area is 250 Å². The number of unbranched alkanes of at least 4 members (excludes halogenated alkanes) is 1. The van der Waals surface area contributed by atoms with E-state index in [1.54, 1.807) is 24.3 Å². The number of benzene rings is 3. The quantitative estimate of drug-likeness (QED) is 0.178. The fourth-order valence-corrected chi connectivity index (χ4v) is 4.66. The molecule has 0 aliphatic carbocycles. The number of hydrogen-bond acceptors (Lipinski definition) is 6. The summed E-state index contributed by atoms with van der Waals surface area (Å²) < 4.78 is 5.58. The number of rotatable bonds is 13. The minimum absolute atomic E-state index is 0.0745. The van der Waals surface area contributed by atoms with E-state index in [9.17, 15) is 24.6 Å². The highest BCUT2D eigenvalue weighted by molar-refractivity contribution is 5.92. The molecule has 0 aliphatic heterocycles. The summed E-state index contributed by atoms with van der Waals surface area (Å²) in [5, 5.41) is 22.9. The van der Waals surface area contributed by atoms with Crippen LogP contribution < -0.4 is 5.32 Å². The summed E-state index contributed by atoms with van der Waals surface area (Å²) >= 11 is 0. The van der Waals surface area contributed by atoms with Crippen LogP contribution in [-0.2, 0) is 12.8 Å². The molecule has 224 valence electrons. The van der Waals surface area contributed by atoms with E-state index in [1.807, 2.05) is 67.6 Å². The van der Waals surface area contributed by atoms with E-state index in [2.05, 4.69) is 10.3 Å². The number of nitrogens with zero attached hydrogens (tertiary/aromatic N) is 3. The van der Waals surface area contributed by atoms with Crippen LogP contribution in [0.4, 0.5) is 9.59 Å². The third-order valence-corrected chi connectivity index (χ3v) is 7.03. The number of aromatic hydroxyl groups is 1. The van der Waals surface area contributed by atoms with Crippen molar-refractivity contribution in [2.45, 2.75) is 38.6 Å². The summed E-state index contributed by atoms with van der Waals surface area (Å²) in [6, 6.07) is 24.9. The highest BCUT2D eigenvalue weighted by atomic mass is 16.4. The largest absolute Gasteiger partial charge is 0.508 e. The summed E-state index contributed by atoms with van der Waals surface area (Å²) in [4.78, 5) is 45.0. The lowest BCUT2D eigenvalue weighted by Gasteiger charge is -2.28. The Morgan fingerprint density at radius 1 is 0.860 bits per heavy atom. The van der Waals surface area contributed by atoms with Crippen molar-refractivity contribution in [2.24, 2.45) is 0 Å². The molecule has 0 unspecified atom stereocenters. The number of oxazole rings is 1. The standard InChI is InChI=1S/C33H36N4O6/c1-2-3-20-37(33(41)42)32(40)36(21-18-24-12-10-11-17-28(24)38)22-19-29-34-27(23-43-29)31(39)35-30(25-13-6-4-7-14-25)26-15-8-5-9-16-26/h4-17,23,30,38H,2-3,18-22H2,1H3,(H,35,39)(H,41,42). The number of hydrogen-bond donors (Lipinski definition) is 3. The first-order valence-electron chi connectivity index (χ1n) is 14.3. The number of nitrogens with one attached hydrogen (secondary N) is 1. The van der Waals surface area contributed by atoms with Crippen molar-refractivity contribution in [1.29, 1.82) is 0 Å². The SMILES string of the molecule is CCCCN(C(=O)O)C(=O)N(CCc1nc(C(=O)NC(c2ccccc2)c2ccccc2)co1)CCc1ccccc1O.